The van der Waals surface area contributed by atoms with Gasteiger partial charge in [0, 0.05) is 19.1 Å². The molecule has 1 saturated heterocycles. The van der Waals surface area contributed by atoms with Gasteiger partial charge >= 0.3 is 0 Å². The van der Waals surface area contributed by atoms with Gasteiger partial charge in [0.2, 0.25) is 0 Å². The van der Waals surface area contributed by atoms with E-state index in [1.54, 1.807) is 0 Å². The van der Waals surface area contributed by atoms with E-state index in [-0.39, 0.29) is 5.60 Å². The van der Waals surface area contributed by atoms with E-state index in [4.69, 9.17) is 9.47 Å². The van der Waals surface area contributed by atoms with E-state index in [1.807, 2.05) is 20.8 Å². The highest BCUT2D eigenvalue weighted by Crippen LogP contribution is 2.15. The molecule has 0 aromatic carbocycles. The standard InChI is InChI=1S/C11H23NO2/c1-9(2)12-6-10(7-12)13-8-14-11(3,4)5/h9-10H,6-8H2,1-5H3. The number of hydrogen-bond acceptors (Lipinski definition) is 3. The van der Waals surface area contributed by atoms with E-state index in [1.165, 1.54) is 0 Å². The summed E-state index contributed by atoms with van der Waals surface area (Å²) in [5.41, 5.74) is -0.0958. The van der Waals surface area contributed by atoms with Crippen molar-refractivity contribution in [1.82, 2.24) is 4.90 Å². The zero-order valence-electron chi connectivity index (χ0n) is 10.0. The number of rotatable bonds is 4. The highest BCUT2D eigenvalue weighted by molar-refractivity contribution is 4.82. The molecule has 0 N–H and O–H groups in total. The first-order valence-electron chi connectivity index (χ1n) is 5.38. The topological polar surface area (TPSA) is 21.7 Å². The van der Waals surface area contributed by atoms with Crippen molar-refractivity contribution in [2.24, 2.45) is 0 Å². The van der Waals surface area contributed by atoms with Gasteiger partial charge in [-0.25, -0.2) is 0 Å². The lowest BCUT2D eigenvalue weighted by atomic mass is 10.1. The largest absolute Gasteiger partial charge is 0.350 e. The Morgan fingerprint density at radius 2 is 1.86 bits per heavy atom. The summed E-state index contributed by atoms with van der Waals surface area (Å²) in [6.45, 7) is 13.0. The molecule has 3 heteroatoms. The van der Waals surface area contributed by atoms with Crippen molar-refractivity contribution >= 4 is 0 Å². The van der Waals surface area contributed by atoms with Crippen LogP contribution in [0.2, 0.25) is 0 Å². The Hall–Kier alpha value is -0.120. The van der Waals surface area contributed by atoms with Gasteiger partial charge in [0.1, 0.15) is 6.79 Å². The second-order valence-electron chi connectivity index (χ2n) is 5.21. The Morgan fingerprint density at radius 3 is 2.29 bits per heavy atom. The normalized spacial score (nSPS) is 20.1. The maximum atomic E-state index is 5.57. The molecule has 14 heavy (non-hydrogen) atoms. The second-order valence-corrected chi connectivity index (χ2v) is 5.21. The summed E-state index contributed by atoms with van der Waals surface area (Å²) < 4.78 is 11.1. The Balaban J connectivity index is 2.01. The summed E-state index contributed by atoms with van der Waals surface area (Å²) in [6.07, 6.45) is 0.375. The minimum atomic E-state index is -0.0958. The van der Waals surface area contributed by atoms with E-state index in [0.29, 0.717) is 18.9 Å². The molecule has 1 heterocycles. The highest BCUT2D eigenvalue weighted by Gasteiger charge is 2.29. The first-order chi connectivity index (χ1) is 6.38. The molecule has 3 nitrogen and oxygen atoms in total. The number of ether oxygens (including phenoxy) is 2. The van der Waals surface area contributed by atoms with Gasteiger partial charge in [-0.15, -0.1) is 0 Å². The van der Waals surface area contributed by atoms with Crippen molar-refractivity contribution in [3.05, 3.63) is 0 Å². The zero-order chi connectivity index (χ0) is 10.8. The summed E-state index contributed by atoms with van der Waals surface area (Å²) in [5.74, 6) is 0. The molecule has 0 aromatic rings. The molecule has 0 aromatic heterocycles. The van der Waals surface area contributed by atoms with Gasteiger partial charge in [-0.3, -0.25) is 4.90 Å². The van der Waals surface area contributed by atoms with E-state index in [9.17, 15) is 0 Å². The summed E-state index contributed by atoms with van der Waals surface area (Å²) in [4.78, 5) is 2.39. The summed E-state index contributed by atoms with van der Waals surface area (Å²) in [6, 6.07) is 0.637. The Labute approximate surface area is 87.4 Å². The molecule has 0 atom stereocenters. The van der Waals surface area contributed by atoms with Crippen molar-refractivity contribution in [3.63, 3.8) is 0 Å². The van der Waals surface area contributed by atoms with Crippen molar-refractivity contribution in [1.29, 1.82) is 0 Å². The van der Waals surface area contributed by atoms with Gasteiger partial charge in [-0.05, 0) is 34.6 Å². The Kier molecular flexibility index (Phi) is 3.93. The molecule has 0 radical (unpaired) electrons. The molecule has 0 aliphatic carbocycles. The van der Waals surface area contributed by atoms with Crippen LogP contribution >= 0.6 is 0 Å². The quantitative estimate of drug-likeness (QED) is 0.648. The fourth-order valence-electron chi connectivity index (χ4n) is 1.30. The van der Waals surface area contributed by atoms with Gasteiger partial charge in [-0.2, -0.15) is 0 Å². The minimum Gasteiger partial charge on any atom is -0.350 e. The molecule has 1 rings (SSSR count). The third kappa shape index (κ3) is 3.95. The lowest BCUT2D eigenvalue weighted by Gasteiger charge is -2.41. The average molecular weight is 201 g/mol. The van der Waals surface area contributed by atoms with Crippen molar-refractivity contribution in [2.75, 3.05) is 19.9 Å². The molecular formula is C11H23NO2. The predicted octanol–water partition coefficient (Wildman–Crippen LogP) is 1.87. The van der Waals surface area contributed by atoms with Gasteiger partial charge in [0.15, 0.2) is 0 Å². The third-order valence-corrected chi connectivity index (χ3v) is 2.40. The van der Waals surface area contributed by atoms with Crippen LogP contribution in [0.3, 0.4) is 0 Å². The molecule has 1 fully saturated rings. The third-order valence-electron chi connectivity index (χ3n) is 2.40. The monoisotopic (exact) mass is 201 g/mol. The van der Waals surface area contributed by atoms with E-state index in [0.717, 1.165) is 13.1 Å². The van der Waals surface area contributed by atoms with Crippen molar-refractivity contribution in [3.8, 4) is 0 Å². The second kappa shape index (κ2) is 4.60. The molecule has 0 bridgehead atoms. The maximum Gasteiger partial charge on any atom is 0.147 e. The number of nitrogens with zero attached hydrogens (tertiary/aromatic N) is 1. The lowest BCUT2D eigenvalue weighted by Crippen LogP contribution is -2.55. The Morgan fingerprint density at radius 1 is 1.29 bits per heavy atom. The van der Waals surface area contributed by atoms with Gasteiger partial charge in [0.05, 0.1) is 11.7 Å². The molecule has 0 amide bonds. The molecule has 1 aliphatic heterocycles. The van der Waals surface area contributed by atoms with Crippen LogP contribution in [-0.4, -0.2) is 42.5 Å². The van der Waals surface area contributed by atoms with E-state index >= 15 is 0 Å². The molecule has 0 unspecified atom stereocenters. The Bertz CT molecular complexity index is 169. The van der Waals surface area contributed by atoms with E-state index in [2.05, 4.69) is 18.7 Å². The van der Waals surface area contributed by atoms with Gasteiger partial charge in [0.25, 0.3) is 0 Å². The van der Waals surface area contributed by atoms with E-state index < -0.39 is 0 Å². The molecule has 1 aliphatic rings. The minimum absolute atomic E-state index is 0.0958. The highest BCUT2D eigenvalue weighted by atomic mass is 16.7. The zero-order valence-corrected chi connectivity index (χ0v) is 10.0. The molecular weight excluding hydrogens is 178 g/mol. The maximum absolute atomic E-state index is 5.57. The van der Waals surface area contributed by atoms with Gasteiger partial charge < -0.3 is 9.47 Å². The molecule has 0 spiro atoms. The average Bonchev–Trinajstić information content (AvgIpc) is 1.90. The number of likely N-dealkylation sites (tertiary alicyclic amines) is 1. The number of hydrogen-bond donors (Lipinski definition) is 0. The molecule has 84 valence electrons. The van der Waals surface area contributed by atoms with Crippen LogP contribution in [-0.2, 0) is 9.47 Å². The SMILES string of the molecule is CC(C)N1CC(OCOC(C)(C)C)C1. The fourth-order valence-corrected chi connectivity index (χ4v) is 1.30. The summed E-state index contributed by atoms with van der Waals surface area (Å²) in [7, 11) is 0. The smallest absolute Gasteiger partial charge is 0.147 e. The summed E-state index contributed by atoms with van der Waals surface area (Å²) >= 11 is 0. The van der Waals surface area contributed by atoms with Crippen LogP contribution in [0.1, 0.15) is 34.6 Å². The van der Waals surface area contributed by atoms with Crippen LogP contribution in [0.5, 0.6) is 0 Å². The van der Waals surface area contributed by atoms with Crippen LogP contribution in [0.15, 0.2) is 0 Å². The van der Waals surface area contributed by atoms with Crippen molar-refractivity contribution in [2.45, 2.75) is 52.4 Å². The lowest BCUT2D eigenvalue weighted by molar-refractivity contribution is -0.174. The van der Waals surface area contributed by atoms with Crippen LogP contribution < -0.4 is 0 Å². The van der Waals surface area contributed by atoms with Crippen molar-refractivity contribution < 1.29 is 9.47 Å². The van der Waals surface area contributed by atoms with Crippen LogP contribution in [0.4, 0.5) is 0 Å². The van der Waals surface area contributed by atoms with Crippen LogP contribution in [0, 0.1) is 0 Å². The summed E-state index contributed by atoms with van der Waals surface area (Å²) in [5, 5.41) is 0. The van der Waals surface area contributed by atoms with Gasteiger partial charge in [-0.1, -0.05) is 0 Å². The predicted molar refractivity (Wildman–Crippen MR) is 57.3 cm³/mol. The first-order valence-corrected chi connectivity index (χ1v) is 5.38. The first kappa shape index (κ1) is 12.0. The molecule has 0 saturated carbocycles. The van der Waals surface area contributed by atoms with Crippen LogP contribution in [0.25, 0.3) is 0 Å². The fraction of sp³-hybridized carbons (Fsp3) is 1.00.